The summed E-state index contributed by atoms with van der Waals surface area (Å²) >= 11 is 2.54. The van der Waals surface area contributed by atoms with E-state index in [0.29, 0.717) is 12.5 Å². The lowest BCUT2D eigenvalue weighted by atomic mass is 10.2. The van der Waals surface area contributed by atoms with E-state index < -0.39 is 5.97 Å². The SMILES string of the molecule is CC(C)c1nnc(CNC(=O)CSCC(=O)O)s1. The van der Waals surface area contributed by atoms with Gasteiger partial charge in [-0.25, -0.2) is 0 Å². The van der Waals surface area contributed by atoms with Crippen molar-refractivity contribution in [2.45, 2.75) is 26.3 Å². The fourth-order valence-electron chi connectivity index (χ4n) is 1.03. The maximum atomic E-state index is 11.4. The standard InChI is InChI=1S/C10H15N3O3S2/c1-6(2)10-13-12-8(18-10)3-11-7(14)4-17-5-9(15)16/h6H,3-5H2,1-2H3,(H,11,14)(H,15,16). The maximum Gasteiger partial charge on any atom is 0.313 e. The summed E-state index contributed by atoms with van der Waals surface area (Å²) in [6, 6.07) is 0. The lowest BCUT2D eigenvalue weighted by Crippen LogP contribution is -2.25. The van der Waals surface area contributed by atoms with Crippen LogP contribution in [-0.4, -0.2) is 38.7 Å². The van der Waals surface area contributed by atoms with Crippen LogP contribution in [0.4, 0.5) is 0 Å². The molecule has 18 heavy (non-hydrogen) atoms. The molecule has 0 aromatic carbocycles. The lowest BCUT2D eigenvalue weighted by molar-refractivity contribution is -0.133. The fraction of sp³-hybridized carbons (Fsp3) is 0.600. The molecule has 0 aliphatic rings. The van der Waals surface area contributed by atoms with E-state index in [0.717, 1.165) is 21.8 Å². The van der Waals surface area contributed by atoms with Crippen molar-refractivity contribution < 1.29 is 14.7 Å². The van der Waals surface area contributed by atoms with Crippen LogP contribution >= 0.6 is 23.1 Å². The molecule has 0 unspecified atom stereocenters. The van der Waals surface area contributed by atoms with Gasteiger partial charge in [0.1, 0.15) is 10.0 Å². The van der Waals surface area contributed by atoms with Gasteiger partial charge in [0, 0.05) is 5.92 Å². The van der Waals surface area contributed by atoms with Gasteiger partial charge in [-0.1, -0.05) is 25.2 Å². The summed E-state index contributed by atoms with van der Waals surface area (Å²) in [6.45, 7) is 4.41. The highest BCUT2D eigenvalue weighted by molar-refractivity contribution is 8.00. The summed E-state index contributed by atoms with van der Waals surface area (Å²) in [5, 5.41) is 20.8. The van der Waals surface area contributed by atoms with Gasteiger partial charge in [-0.3, -0.25) is 9.59 Å². The molecule has 1 heterocycles. The number of hydrogen-bond acceptors (Lipinski definition) is 6. The summed E-state index contributed by atoms with van der Waals surface area (Å²) in [6.07, 6.45) is 0. The second kappa shape index (κ2) is 7.32. The largest absolute Gasteiger partial charge is 0.481 e. The predicted molar refractivity (Wildman–Crippen MR) is 70.8 cm³/mol. The minimum atomic E-state index is -0.918. The molecular formula is C10H15N3O3S2. The van der Waals surface area contributed by atoms with E-state index in [4.69, 9.17) is 5.11 Å². The maximum absolute atomic E-state index is 11.4. The Kier molecular flexibility index (Phi) is 6.06. The van der Waals surface area contributed by atoms with E-state index in [1.807, 2.05) is 13.8 Å². The van der Waals surface area contributed by atoms with Gasteiger partial charge in [0.2, 0.25) is 5.91 Å². The zero-order valence-corrected chi connectivity index (χ0v) is 11.8. The highest BCUT2D eigenvalue weighted by Gasteiger charge is 2.09. The van der Waals surface area contributed by atoms with Crippen LogP contribution in [0.3, 0.4) is 0 Å². The Labute approximate surface area is 113 Å². The minimum absolute atomic E-state index is 0.0657. The van der Waals surface area contributed by atoms with Crippen molar-refractivity contribution in [1.29, 1.82) is 0 Å². The van der Waals surface area contributed by atoms with E-state index in [-0.39, 0.29) is 17.4 Å². The molecule has 0 aliphatic carbocycles. The lowest BCUT2D eigenvalue weighted by Gasteiger charge is -2.01. The Morgan fingerprint density at radius 1 is 1.39 bits per heavy atom. The number of amides is 1. The van der Waals surface area contributed by atoms with Crippen LogP contribution in [0.15, 0.2) is 0 Å². The number of carboxylic acid groups (broad SMARTS) is 1. The molecule has 0 saturated carbocycles. The molecule has 1 aromatic rings. The summed E-state index contributed by atoms with van der Waals surface area (Å²) < 4.78 is 0. The van der Waals surface area contributed by atoms with Gasteiger partial charge < -0.3 is 10.4 Å². The number of rotatable bonds is 7. The molecule has 1 rings (SSSR count). The fourth-order valence-corrected chi connectivity index (χ4v) is 2.38. The van der Waals surface area contributed by atoms with E-state index in [1.165, 1.54) is 11.3 Å². The van der Waals surface area contributed by atoms with Crippen LogP contribution in [0, 0.1) is 0 Å². The van der Waals surface area contributed by atoms with Gasteiger partial charge in [-0.05, 0) is 0 Å². The van der Waals surface area contributed by atoms with E-state index in [1.54, 1.807) is 0 Å². The Hall–Kier alpha value is -1.15. The Morgan fingerprint density at radius 3 is 2.67 bits per heavy atom. The van der Waals surface area contributed by atoms with Gasteiger partial charge in [0.25, 0.3) is 0 Å². The van der Waals surface area contributed by atoms with E-state index in [9.17, 15) is 9.59 Å². The van der Waals surface area contributed by atoms with E-state index in [2.05, 4.69) is 15.5 Å². The van der Waals surface area contributed by atoms with E-state index >= 15 is 0 Å². The van der Waals surface area contributed by atoms with Crippen LogP contribution in [0.5, 0.6) is 0 Å². The number of carbonyl (C=O) groups excluding carboxylic acids is 1. The summed E-state index contributed by atoms with van der Waals surface area (Å²) in [5.74, 6) is -0.703. The number of nitrogens with one attached hydrogen (secondary N) is 1. The number of aromatic nitrogens is 2. The first kappa shape index (κ1) is 14.9. The molecule has 0 bridgehead atoms. The van der Waals surface area contributed by atoms with Gasteiger partial charge in [0.15, 0.2) is 0 Å². The topological polar surface area (TPSA) is 92.2 Å². The molecule has 0 aliphatic heterocycles. The number of carbonyl (C=O) groups is 2. The van der Waals surface area contributed by atoms with Crippen LogP contribution in [0.25, 0.3) is 0 Å². The predicted octanol–water partition coefficient (Wildman–Crippen LogP) is 1.10. The third-order valence-corrected chi connectivity index (χ3v) is 4.01. The van der Waals surface area contributed by atoms with Crippen molar-refractivity contribution in [3.05, 3.63) is 10.0 Å². The second-order valence-corrected chi connectivity index (χ2v) is 5.93. The molecule has 8 heteroatoms. The van der Waals surface area contributed by atoms with Crippen LogP contribution in [0.1, 0.15) is 29.8 Å². The molecule has 0 fully saturated rings. The van der Waals surface area contributed by atoms with Crippen molar-refractivity contribution >= 4 is 35.0 Å². The molecule has 0 saturated heterocycles. The Balaban J connectivity index is 2.27. The quantitative estimate of drug-likeness (QED) is 0.781. The zero-order chi connectivity index (χ0) is 13.5. The number of hydrogen-bond donors (Lipinski definition) is 2. The molecule has 100 valence electrons. The molecular weight excluding hydrogens is 274 g/mol. The Morgan fingerprint density at radius 2 is 2.11 bits per heavy atom. The molecule has 0 spiro atoms. The van der Waals surface area contributed by atoms with Gasteiger partial charge in [0.05, 0.1) is 18.1 Å². The zero-order valence-electron chi connectivity index (χ0n) is 10.2. The highest BCUT2D eigenvalue weighted by Crippen LogP contribution is 2.18. The number of carboxylic acids is 1. The Bertz CT molecular complexity index is 420. The first-order valence-electron chi connectivity index (χ1n) is 5.37. The second-order valence-electron chi connectivity index (χ2n) is 3.85. The first-order valence-corrected chi connectivity index (χ1v) is 7.34. The number of thioether (sulfide) groups is 1. The molecule has 1 aromatic heterocycles. The third-order valence-electron chi connectivity index (χ3n) is 1.87. The number of aliphatic carboxylic acids is 1. The van der Waals surface area contributed by atoms with Gasteiger partial charge in [-0.2, -0.15) is 0 Å². The minimum Gasteiger partial charge on any atom is -0.481 e. The highest BCUT2D eigenvalue weighted by atomic mass is 32.2. The monoisotopic (exact) mass is 289 g/mol. The first-order chi connectivity index (χ1) is 8.49. The van der Waals surface area contributed by atoms with Gasteiger partial charge >= 0.3 is 5.97 Å². The molecule has 0 radical (unpaired) electrons. The number of nitrogens with zero attached hydrogens (tertiary/aromatic N) is 2. The molecule has 6 nitrogen and oxygen atoms in total. The van der Waals surface area contributed by atoms with Crippen molar-refractivity contribution in [3.63, 3.8) is 0 Å². The molecule has 0 atom stereocenters. The van der Waals surface area contributed by atoms with Gasteiger partial charge in [-0.15, -0.1) is 22.0 Å². The normalized spacial score (nSPS) is 10.6. The molecule has 2 N–H and O–H groups in total. The third kappa shape index (κ3) is 5.46. The van der Waals surface area contributed by atoms with Crippen molar-refractivity contribution in [1.82, 2.24) is 15.5 Å². The van der Waals surface area contributed by atoms with Crippen LogP contribution in [0.2, 0.25) is 0 Å². The average Bonchev–Trinajstić information content (AvgIpc) is 2.74. The summed E-state index contributed by atoms with van der Waals surface area (Å²) in [4.78, 5) is 21.6. The van der Waals surface area contributed by atoms with Crippen molar-refractivity contribution in [2.75, 3.05) is 11.5 Å². The smallest absolute Gasteiger partial charge is 0.313 e. The summed E-state index contributed by atoms with van der Waals surface area (Å²) in [5.41, 5.74) is 0. The van der Waals surface area contributed by atoms with Crippen LogP contribution < -0.4 is 5.32 Å². The summed E-state index contributed by atoms with van der Waals surface area (Å²) in [7, 11) is 0. The molecule has 1 amide bonds. The van der Waals surface area contributed by atoms with Crippen molar-refractivity contribution in [2.24, 2.45) is 0 Å². The average molecular weight is 289 g/mol. The van der Waals surface area contributed by atoms with Crippen LogP contribution in [-0.2, 0) is 16.1 Å². The van der Waals surface area contributed by atoms with Crippen molar-refractivity contribution in [3.8, 4) is 0 Å².